The summed E-state index contributed by atoms with van der Waals surface area (Å²) in [7, 11) is 0. The molecule has 1 aromatic rings. The Morgan fingerprint density at radius 1 is 1.22 bits per heavy atom. The third-order valence-corrected chi connectivity index (χ3v) is 3.28. The average molecular weight is 268 g/mol. The molecule has 18 heavy (non-hydrogen) atoms. The molecule has 0 heterocycles. The SMILES string of the molecule is CC(C)CCCCNC(=O)C(Cl)c1ccccc1. The van der Waals surface area contributed by atoms with Crippen LogP contribution < -0.4 is 5.32 Å². The van der Waals surface area contributed by atoms with E-state index in [0.29, 0.717) is 6.54 Å². The van der Waals surface area contributed by atoms with E-state index >= 15 is 0 Å². The maximum absolute atomic E-state index is 11.8. The molecule has 1 unspecified atom stereocenters. The highest BCUT2D eigenvalue weighted by molar-refractivity contribution is 6.30. The molecule has 0 saturated carbocycles. The number of rotatable bonds is 7. The zero-order chi connectivity index (χ0) is 13.4. The number of alkyl halides is 1. The van der Waals surface area contributed by atoms with E-state index in [4.69, 9.17) is 11.6 Å². The predicted molar refractivity (Wildman–Crippen MR) is 76.7 cm³/mol. The molecule has 3 heteroatoms. The highest BCUT2D eigenvalue weighted by Gasteiger charge is 2.16. The van der Waals surface area contributed by atoms with Gasteiger partial charge in [-0.05, 0) is 17.9 Å². The van der Waals surface area contributed by atoms with Gasteiger partial charge in [0.05, 0.1) is 0 Å². The molecule has 0 fully saturated rings. The van der Waals surface area contributed by atoms with Crippen LogP contribution in [0.5, 0.6) is 0 Å². The lowest BCUT2D eigenvalue weighted by Crippen LogP contribution is -2.27. The average Bonchev–Trinajstić information content (AvgIpc) is 2.38. The van der Waals surface area contributed by atoms with Crippen LogP contribution in [0.3, 0.4) is 0 Å². The van der Waals surface area contributed by atoms with Crippen molar-refractivity contribution >= 4 is 17.5 Å². The highest BCUT2D eigenvalue weighted by Crippen LogP contribution is 2.19. The first-order valence-corrected chi connectivity index (χ1v) is 7.01. The van der Waals surface area contributed by atoms with Crippen LogP contribution >= 0.6 is 11.6 Å². The van der Waals surface area contributed by atoms with Gasteiger partial charge in [0, 0.05) is 6.54 Å². The molecule has 1 atom stereocenters. The standard InChI is InChI=1S/C15H22ClNO/c1-12(2)8-6-7-11-17-15(18)14(16)13-9-4-3-5-10-13/h3-5,9-10,12,14H,6-8,11H2,1-2H3,(H,17,18). The summed E-state index contributed by atoms with van der Waals surface area (Å²) in [6.45, 7) is 5.13. The van der Waals surface area contributed by atoms with Crippen LogP contribution in [0.4, 0.5) is 0 Å². The van der Waals surface area contributed by atoms with Crippen molar-refractivity contribution in [2.24, 2.45) is 5.92 Å². The van der Waals surface area contributed by atoms with Crippen LogP contribution in [-0.2, 0) is 4.79 Å². The van der Waals surface area contributed by atoms with E-state index in [-0.39, 0.29) is 5.91 Å². The van der Waals surface area contributed by atoms with Gasteiger partial charge >= 0.3 is 0 Å². The van der Waals surface area contributed by atoms with Crippen molar-refractivity contribution in [3.63, 3.8) is 0 Å². The number of nitrogens with one attached hydrogen (secondary N) is 1. The molecular formula is C15H22ClNO. The van der Waals surface area contributed by atoms with Crippen LogP contribution in [0.1, 0.15) is 44.1 Å². The first-order valence-electron chi connectivity index (χ1n) is 6.58. The molecule has 1 rings (SSSR count). The van der Waals surface area contributed by atoms with Gasteiger partial charge in [-0.2, -0.15) is 0 Å². The van der Waals surface area contributed by atoms with Crippen LogP contribution in [0, 0.1) is 5.92 Å². The molecule has 100 valence electrons. The first kappa shape index (κ1) is 15.0. The van der Waals surface area contributed by atoms with E-state index < -0.39 is 5.38 Å². The highest BCUT2D eigenvalue weighted by atomic mass is 35.5. The van der Waals surface area contributed by atoms with Gasteiger partial charge in [0.1, 0.15) is 5.38 Å². The Kier molecular flexibility index (Phi) is 6.81. The second-order valence-corrected chi connectivity index (χ2v) is 5.39. The predicted octanol–water partition coefficient (Wildman–Crippen LogP) is 3.91. The van der Waals surface area contributed by atoms with Crippen molar-refractivity contribution in [2.75, 3.05) is 6.54 Å². The minimum absolute atomic E-state index is 0.104. The molecule has 0 aromatic heterocycles. The number of carbonyl (C=O) groups is 1. The Labute approximate surface area is 115 Å². The van der Waals surface area contributed by atoms with Gasteiger partial charge in [0.25, 0.3) is 0 Å². The third kappa shape index (κ3) is 5.54. The normalized spacial score (nSPS) is 12.4. The van der Waals surface area contributed by atoms with Crippen molar-refractivity contribution < 1.29 is 4.79 Å². The fourth-order valence-corrected chi connectivity index (χ4v) is 1.97. The monoisotopic (exact) mass is 267 g/mol. The maximum Gasteiger partial charge on any atom is 0.242 e. The summed E-state index contributed by atoms with van der Waals surface area (Å²) >= 11 is 6.11. The molecule has 2 nitrogen and oxygen atoms in total. The number of carbonyl (C=O) groups excluding carboxylic acids is 1. The number of amides is 1. The summed E-state index contributed by atoms with van der Waals surface area (Å²) in [4.78, 5) is 11.8. The largest absolute Gasteiger partial charge is 0.355 e. The smallest absolute Gasteiger partial charge is 0.242 e. The third-order valence-electron chi connectivity index (χ3n) is 2.83. The van der Waals surface area contributed by atoms with Gasteiger partial charge in [-0.1, -0.05) is 57.0 Å². The summed E-state index contributed by atoms with van der Waals surface area (Å²) in [5.74, 6) is 0.623. The lowest BCUT2D eigenvalue weighted by molar-refractivity contribution is -0.120. The molecule has 0 aliphatic carbocycles. The summed E-state index contributed by atoms with van der Waals surface area (Å²) in [6, 6.07) is 9.43. The van der Waals surface area contributed by atoms with E-state index in [0.717, 1.165) is 24.3 Å². The van der Waals surface area contributed by atoms with Gasteiger partial charge in [0.2, 0.25) is 5.91 Å². The number of hydrogen-bond donors (Lipinski definition) is 1. The molecule has 0 aliphatic heterocycles. The Bertz CT molecular complexity index is 351. The molecule has 0 aliphatic rings. The Balaban J connectivity index is 2.25. The molecule has 1 N–H and O–H groups in total. The van der Waals surface area contributed by atoms with Crippen molar-refractivity contribution in [2.45, 2.75) is 38.5 Å². The zero-order valence-corrected chi connectivity index (χ0v) is 11.9. The van der Waals surface area contributed by atoms with Gasteiger partial charge in [-0.25, -0.2) is 0 Å². The van der Waals surface area contributed by atoms with E-state index in [1.165, 1.54) is 6.42 Å². The van der Waals surface area contributed by atoms with Gasteiger partial charge in [-0.15, -0.1) is 11.6 Å². The van der Waals surface area contributed by atoms with Crippen LogP contribution in [0.25, 0.3) is 0 Å². The Hall–Kier alpha value is -1.02. The van der Waals surface area contributed by atoms with Crippen LogP contribution in [0.15, 0.2) is 30.3 Å². The quantitative estimate of drug-likeness (QED) is 0.589. The fourth-order valence-electron chi connectivity index (χ4n) is 1.75. The van der Waals surface area contributed by atoms with E-state index in [1.54, 1.807) is 0 Å². The minimum atomic E-state index is -0.587. The summed E-state index contributed by atoms with van der Waals surface area (Å²) in [5, 5.41) is 2.30. The lowest BCUT2D eigenvalue weighted by atomic mass is 10.1. The maximum atomic E-state index is 11.8. The first-order chi connectivity index (χ1) is 8.61. The fraction of sp³-hybridized carbons (Fsp3) is 0.533. The molecule has 0 radical (unpaired) electrons. The number of hydrogen-bond acceptors (Lipinski definition) is 1. The molecule has 0 spiro atoms. The van der Waals surface area contributed by atoms with Crippen molar-refractivity contribution in [3.8, 4) is 0 Å². The number of unbranched alkanes of at least 4 members (excludes halogenated alkanes) is 1. The summed E-state index contributed by atoms with van der Waals surface area (Å²) in [6.07, 6.45) is 3.37. The van der Waals surface area contributed by atoms with E-state index in [2.05, 4.69) is 19.2 Å². The summed E-state index contributed by atoms with van der Waals surface area (Å²) in [5.41, 5.74) is 0.846. The molecule has 0 bridgehead atoms. The van der Waals surface area contributed by atoms with E-state index in [1.807, 2.05) is 30.3 Å². The second kappa shape index (κ2) is 8.15. The lowest BCUT2D eigenvalue weighted by Gasteiger charge is -2.11. The molecule has 1 amide bonds. The molecule has 0 saturated heterocycles. The van der Waals surface area contributed by atoms with Gasteiger partial charge < -0.3 is 5.32 Å². The summed E-state index contributed by atoms with van der Waals surface area (Å²) < 4.78 is 0. The van der Waals surface area contributed by atoms with Gasteiger partial charge in [-0.3, -0.25) is 4.79 Å². The number of benzene rings is 1. The Morgan fingerprint density at radius 3 is 2.50 bits per heavy atom. The zero-order valence-electron chi connectivity index (χ0n) is 11.2. The van der Waals surface area contributed by atoms with Crippen molar-refractivity contribution in [1.82, 2.24) is 5.32 Å². The number of halogens is 1. The van der Waals surface area contributed by atoms with Crippen molar-refractivity contribution in [3.05, 3.63) is 35.9 Å². The van der Waals surface area contributed by atoms with E-state index in [9.17, 15) is 4.79 Å². The van der Waals surface area contributed by atoms with Crippen LogP contribution in [0.2, 0.25) is 0 Å². The molecular weight excluding hydrogens is 246 g/mol. The van der Waals surface area contributed by atoms with Crippen molar-refractivity contribution in [1.29, 1.82) is 0 Å². The minimum Gasteiger partial charge on any atom is -0.355 e. The second-order valence-electron chi connectivity index (χ2n) is 4.95. The van der Waals surface area contributed by atoms with Gasteiger partial charge in [0.15, 0.2) is 0 Å². The Morgan fingerprint density at radius 2 is 1.89 bits per heavy atom. The van der Waals surface area contributed by atoms with Crippen LogP contribution in [-0.4, -0.2) is 12.5 Å². The topological polar surface area (TPSA) is 29.1 Å². The molecule has 1 aromatic carbocycles.